The first-order valence-corrected chi connectivity index (χ1v) is 22.8. The number of unbranched alkanes of at least 4 members (excludes halogenated alkanes) is 2. The van der Waals surface area contributed by atoms with E-state index in [1.807, 2.05) is 59.1 Å². The van der Waals surface area contributed by atoms with E-state index in [0.717, 1.165) is 12.0 Å². The van der Waals surface area contributed by atoms with Gasteiger partial charge in [0.15, 0.2) is 5.78 Å². The smallest absolute Gasteiger partial charge is 0.407 e. The van der Waals surface area contributed by atoms with E-state index in [1.165, 1.54) is 22.7 Å². The molecule has 61 heavy (non-hydrogen) atoms. The van der Waals surface area contributed by atoms with Gasteiger partial charge in [0.1, 0.15) is 12.2 Å². The van der Waals surface area contributed by atoms with Crippen molar-refractivity contribution in [3.8, 4) is 0 Å². The van der Waals surface area contributed by atoms with Crippen LogP contribution in [-0.4, -0.2) is 95.8 Å². The minimum absolute atomic E-state index is 0.0190. The van der Waals surface area contributed by atoms with E-state index in [-0.39, 0.29) is 66.1 Å². The Kier molecular flexibility index (Phi) is 23.8. The number of ketones is 1. The van der Waals surface area contributed by atoms with Gasteiger partial charge in [0.25, 0.3) is 0 Å². The SMILES string of the molecule is CSC1CC(=O)N(CCCCCC(=O)NCCCNC(=O)O[C@H](C/C=C\CC(=O)[C@@H](NC(=O)\C=C/C=C\C(C)=C\[C@H](C)[C@@H]2CC=C(C)C(=O)O2)C(C)(C)C)C/C=C(\C)Cl)C1=O. The van der Waals surface area contributed by atoms with Gasteiger partial charge in [-0.05, 0) is 51.7 Å². The molecule has 15 heteroatoms. The number of Topliss-reactive ketones (excluding diaryl/α,β-unsaturated/α-hetero) is 1. The van der Waals surface area contributed by atoms with Crippen LogP contribution in [0.25, 0.3) is 0 Å². The number of imide groups is 1. The van der Waals surface area contributed by atoms with Gasteiger partial charge in [-0.3, -0.25) is 28.9 Å². The zero-order valence-electron chi connectivity index (χ0n) is 37.2. The zero-order valence-corrected chi connectivity index (χ0v) is 38.8. The lowest BCUT2D eigenvalue weighted by Crippen LogP contribution is -2.48. The number of cyclic esters (lactones) is 1. The van der Waals surface area contributed by atoms with E-state index in [1.54, 1.807) is 44.2 Å². The van der Waals surface area contributed by atoms with E-state index in [4.69, 9.17) is 21.1 Å². The third-order valence-corrected chi connectivity index (χ3v) is 11.2. The van der Waals surface area contributed by atoms with Gasteiger partial charge >= 0.3 is 12.1 Å². The summed E-state index contributed by atoms with van der Waals surface area (Å²) < 4.78 is 11.1. The van der Waals surface area contributed by atoms with E-state index in [9.17, 15) is 33.6 Å². The van der Waals surface area contributed by atoms with Crippen molar-refractivity contribution in [2.75, 3.05) is 25.9 Å². The fraction of sp³-hybridized carbons (Fsp3) is 0.587. The molecule has 0 spiro atoms. The van der Waals surface area contributed by atoms with Crippen molar-refractivity contribution in [1.82, 2.24) is 20.9 Å². The molecule has 0 bridgehead atoms. The number of likely N-dealkylation sites (tertiary alicyclic amines) is 1. The highest BCUT2D eigenvalue weighted by molar-refractivity contribution is 8.00. The molecule has 3 N–H and O–H groups in total. The fourth-order valence-electron chi connectivity index (χ4n) is 6.52. The van der Waals surface area contributed by atoms with Crippen LogP contribution in [0.5, 0.6) is 0 Å². The van der Waals surface area contributed by atoms with Crippen molar-refractivity contribution in [3.05, 3.63) is 70.9 Å². The third-order valence-electron chi connectivity index (χ3n) is 10.1. The molecule has 1 fully saturated rings. The fourth-order valence-corrected chi connectivity index (χ4v) is 7.25. The van der Waals surface area contributed by atoms with Gasteiger partial charge in [-0.2, -0.15) is 11.8 Å². The first-order chi connectivity index (χ1) is 28.8. The van der Waals surface area contributed by atoms with Crippen molar-refractivity contribution in [2.45, 2.75) is 136 Å². The topological polar surface area (TPSA) is 177 Å². The van der Waals surface area contributed by atoms with Crippen molar-refractivity contribution in [3.63, 3.8) is 0 Å². The number of carbonyl (C=O) groups is 7. The van der Waals surface area contributed by atoms with Gasteiger partial charge in [0.05, 0.1) is 11.3 Å². The molecule has 13 nitrogen and oxygen atoms in total. The molecule has 1 unspecified atom stereocenters. The number of hydrogen-bond acceptors (Lipinski definition) is 10. The lowest BCUT2D eigenvalue weighted by atomic mass is 9.83. The van der Waals surface area contributed by atoms with Crippen LogP contribution in [0.4, 0.5) is 4.79 Å². The second-order valence-corrected chi connectivity index (χ2v) is 18.2. The lowest BCUT2D eigenvalue weighted by molar-refractivity contribution is -0.147. The quantitative estimate of drug-likeness (QED) is 0.0207. The number of ether oxygens (including phenoxy) is 2. The van der Waals surface area contributed by atoms with Crippen LogP contribution in [0.2, 0.25) is 0 Å². The number of allylic oxidation sites excluding steroid dienone is 6. The number of thioether (sulfide) groups is 1. The Hall–Kier alpha value is -4.43. The molecule has 0 aliphatic carbocycles. The predicted molar refractivity (Wildman–Crippen MR) is 241 cm³/mol. The van der Waals surface area contributed by atoms with Crippen LogP contribution < -0.4 is 16.0 Å². The maximum absolute atomic E-state index is 13.3. The molecule has 2 aliphatic rings. The third kappa shape index (κ3) is 20.8. The highest BCUT2D eigenvalue weighted by Gasteiger charge is 2.37. The zero-order chi connectivity index (χ0) is 45.5. The molecule has 338 valence electrons. The summed E-state index contributed by atoms with van der Waals surface area (Å²) in [6, 6.07) is -0.750. The molecule has 0 aromatic carbocycles. The van der Waals surface area contributed by atoms with Crippen LogP contribution in [0.15, 0.2) is 70.9 Å². The number of nitrogens with zero attached hydrogens (tertiary/aromatic N) is 1. The lowest BCUT2D eigenvalue weighted by Gasteiger charge is -2.29. The summed E-state index contributed by atoms with van der Waals surface area (Å²) >= 11 is 7.44. The highest BCUT2D eigenvalue weighted by Crippen LogP contribution is 2.25. The van der Waals surface area contributed by atoms with Gasteiger partial charge < -0.3 is 25.4 Å². The second kappa shape index (κ2) is 27.5. The normalized spacial score (nSPS) is 19.3. The first-order valence-electron chi connectivity index (χ1n) is 21.1. The monoisotopic (exact) mass is 886 g/mol. The van der Waals surface area contributed by atoms with Crippen LogP contribution in [0.3, 0.4) is 0 Å². The molecule has 0 saturated carbocycles. The number of carbonyl (C=O) groups excluding carboxylic acids is 7. The average Bonchev–Trinajstić information content (AvgIpc) is 3.47. The number of halogens is 1. The number of rotatable bonds is 25. The van der Waals surface area contributed by atoms with E-state index < -0.39 is 29.6 Å². The Labute approximate surface area is 371 Å². The Morgan fingerprint density at radius 1 is 1.00 bits per heavy atom. The summed E-state index contributed by atoms with van der Waals surface area (Å²) in [5, 5.41) is 8.65. The minimum Gasteiger partial charge on any atom is -0.458 e. The summed E-state index contributed by atoms with van der Waals surface area (Å²) in [4.78, 5) is 88.4. The molecule has 5 atom stereocenters. The maximum atomic E-state index is 13.3. The predicted octanol–water partition coefficient (Wildman–Crippen LogP) is 7.56. The first kappa shape index (κ1) is 52.7. The molecular formula is C46H67ClN4O9S. The molecule has 5 amide bonds. The Morgan fingerprint density at radius 2 is 1.70 bits per heavy atom. The number of amides is 5. The van der Waals surface area contributed by atoms with Crippen LogP contribution >= 0.6 is 23.4 Å². The van der Waals surface area contributed by atoms with E-state index >= 15 is 0 Å². The summed E-state index contributed by atoms with van der Waals surface area (Å²) in [5.74, 6) is -1.20. The Morgan fingerprint density at radius 3 is 2.36 bits per heavy atom. The van der Waals surface area contributed by atoms with Gasteiger partial charge in [-0.15, -0.1) is 0 Å². The summed E-state index contributed by atoms with van der Waals surface area (Å²) in [5.41, 5.74) is 1.02. The highest BCUT2D eigenvalue weighted by atomic mass is 35.5. The summed E-state index contributed by atoms with van der Waals surface area (Å²) in [7, 11) is 0. The Balaban J connectivity index is 1.75. The van der Waals surface area contributed by atoms with Gasteiger partial charge in [-0.1, -0.05) is 99.9 Å². The molecule has 2 rings (SSSR count). The molecule has 0 aromatic heterocycles. The van der Waals surface area contributed by atoms with E-state index in [0.29, 0.717) is 68.6 Å². The number of alkyl carbamates (subject to hydrolysis) is 1. The van der Waals surface area contributed by atoms with Crippen molar-refractivity contribution >= 4 is 64.8 Å². The van der Waals surface area contributed by atoms with Crippen molar-refractivity contribution in [1.29, 1.82) is 0 Å². The van der Waals surface area contributed by atoms with Crippen LogP contribution in [0.1, 0.15) is 113 Å². The molecule has 2 heterocycles. The largest absolute Gasteiger partial charge is 0.458 e. The number of esters is 1. The Bertz CT molecular complexity index is 1720. The number of nitrogens with one attached hydrogen (secondary N) is 3. The van der Waals surface area contributed by atoms with Crippen LogP contribution in [0, 0.1) is 11.3 Å². The van der Waals surface area contributed by atoms with Gasteiger partial charge in [0.2, 0.25) is 23.6 Å². The van der Waals surface area contributed by atoms with Gasteiger partial charge in [0, 0.05) is 80.8 Å². The van der Waals surface area contributed by atoms with E-state index in [2.05, 4.69) is 16.0 Å². The minimum atomic E-state index is -0.750. The molecule has 0 radical (unpaired) electrons. The van der Waals surface area contributed by atoms with Gasteiger partial charge in [-0.25, -0.2) is 9.59 Å². The summed E-state index contributed by atoms with van der Waals surface area (Å²) in [6.45, 7) is 14.1. The standard InChI is InChI=1S/C46H67ClN4O9S/c1-31(29-33(3)37-25-22-32(2)44(57)60-37)17-11-14-21-40(54)50-42(46(5,6)7)36(52)19-13-12-18-35(24-23-34(4)47)59-45(58)49-27-16-26-48-39(53)20-10-9-15-28-51-41(55)30-38(61-8)43(51)56/h11-14,17,21-23,29,33,35,37-38,42H,9-10,15-16,18-20,24-28,30H2,1-8H3,(H,48,53)(H,49,58)(H,50,54)/b13-12-,17-11-,21-14-,31-29+,34-23+/t33-,35+,37-,38?,42+/m0/s1. The molecule has 0 aromatic rings. The molecule has 1 saturated heterocycles. The van der Waals surface area contributed by atoms with Crippen molar-refractivity contribution < 1.29 is 43.0 Å². The van der Waals surface area contributed by atoms with Crippen molar-refractivity contribution in [2.24, 2.45) is 11.3 Å². The average molecular weight is 888 g/mol. The number of hydrogen-bond donors (Lipinski definition) is 3. The molecular weight excluding hydrogens is 820 g/mol. The molecule has 2 aliphatic heterocycles. The second-order valence-electron chi connectivity index (χ2n) is 16.5. The van der Waals surface area contributed by atoms with Crippen LogP contribution in [-0.2, 0) is 38.2 Å². The summed E-state index contributed by atoms with van der Waals surface area (Å²) in [6.07, 6.45) is 20.7. The maximum Gasteiger partial charge on any atom is 0.407 e.